The SMILES string of the molecule is O=C(c1ccc(F)cc1F)N1CC[C@@H](c2ccc3c(c2)OCO3)C1. The van der Waals surface area contributed by atoms with Gasteiger partial charge in [-0.2, -0.15) is 0 Å². The van der Waals surface area contributed by atoms with E-state index >= 15 is 0 Å². The molecule has 4 rings (SSSR count). The Balaban J connectivity index is 1.51. The summed E-state index contributed by atoms with van der Waals surface area (Å²) in [6.45, 7) is 1.25. The zero-order valence-electron chi connectivity index (χ0n) is 12.8. The standard InChI is InChI=1S/C18H15F2NO3/c19-13-2-3-14(15(20)8-13)18(22)21-6-5-12(9-21)11-1-4-16-17(7-11)24-10-23-16/h1-4,7-8,12H,5-6,9-10H2/t12-/m1/s1. The summed E-state index contributed by atoms with van der Waals surface area (Å²) in [5.74, 6) is -0.335. The van der Waals surface area contributed by atoms with Crippen molar-refractivity contribution in [3.63, 3.8) is 0 Å². The van der Waals surface area contributed by atoms with E-state index in [0.29, 0.717) is 18.8 Å². The highest BCUT2D eigenvalue weighted by atomic mass is 19.1. The number of hydrogen-bond donors (Lipinski definition) is 0. The smallest absolute Gasteiger partial charge is 0.256 e. The fourth-order valence-corrected chi connectivity index (χ4v) is 3.22. The van der Waals surface area contributed by atoms with Crippen LogP contribution in [0.5, 0.6) is 11.5 Å². The van der Waals surface area contributed by atoms with Gasteiger partial charge in [0.15, 0.2) is 11.5 Å². The molecule has 24 heavy (non-hydrogen) atoms. The number of halogens is 2. The van der Waals surface area contributed by atoms with Crippen LogP contribution in [0.15, 0.2) is 36.4 Å². The van der Waals surface area contributed by atoms with Crippen LogP contribution in [0.25, 0.3) is 0 Å². The van der Waals surface area contributed by atoms with Crippen molar-refractivity contribution >= 4 is 5.91 Å². The number of rotatable bonds is 2. The maximum atomic E-state index is 13.8. The number of nitrogens with zero attached hydrogens (tertiary/aromatic N) is 1. The number of carbonyl (C=O) groups is 1. The first-order valence-corrected chi connectivity index (χ1v) is 7.75. The second-order valence-corrected chi connectivity index (χ2v) is 5.97. The summed E-state index contributed by atoms with van der Waals surface area (Å²) in [6, 6.07) is 8.78. The molecule has 2 heterocycles. The van der Waals surface area contributed by atoms with Gasteiger partial charge in [0, 0.05) is 25.1 Å². The van der Waals surface area contributed by atoms with Gasteiger partial charge in [-0.15, -0.1) is 0 Å². The molecule has 0 aliphatic carbocycles. The summed E-state index contributed by atoms with van der Waals surface area (Å²) in [4.78, 5) is 14.1. The third-order valence-electron chi connectivity index (χ3n) is 4.51. The van der Waals surface area contributed by atoms with Gasteiger partial charge in [-0.3, -0.25) is 4.79 Å². The minimum atomic E-state index is -0.827. The van der Waals surface area contributed by atoms with E-state index in [1.165, 1.54) is 6.07 Å². The Labute approximate surface area is 137 Å². The summed E-state index contributed by atoms with van der Waals surface area (Å²) in [6.07, 6.45) is 0.786. The van der Waals surface area contributed by atoms with Crippen LogP contribution in [0.2, 0.25) is 0 Å². The monoisotopic (exact) mass is 331 g/mol. The minimum Gasteiger partial charge on any atom is -0.454 e. The van der Waals surface area contributed by atoms with Crippen molar-refractivity contribution in [1.29, 1.82) is 0 Å². The predicted octanol–water partition coefficient (Wildman–Crippen LogP) is 3.32. The number of likely N-dealkylation sites (tertiary alicyclic amines) is 1. The van der Waals surface area contributed by atoms with Gasteiger partial charge in [0.2, 0.25) is 6.79 Å². The van der Waals surface area contributed by atoms with Crippen LogP contribution in [0.4, 0.5) is 8.78 Å². The van der Waals surface area contributed by atoms with Crippen molar-refractivity contribution in [3.8, 4) is 11.5 Å². The molecule has 6 heteroatoms. The third-order valence-corrected chi connectivity index (χ3v) is 4.51. The van der Waals surface area contributed by atoms with E-state index in [9.17, 15) is 13.6 Å². The van der Waals surface area contributed by atoms with E-state index in [0.717, 1.165) is 29.9 Å². The molecule has 0 spiro atoms. The molecule has 1 atom stereocenters. The lowest BCUT2D eigenvalue weighted by atomic mass is 9.98. The summed E-state index contributed by atoms with van der Waals surface area (Å²) in [7, 11) is 0. The Morgan fingerprint density at radius 3 is 2.75 bits per heavy atom. The third kappa shape index (κ3) is 2.58. The Morgan fingerprint density at radius 1 is 1.08 bits per heavy atom. The molecule has 2 aliphatic heterocycles. The molecule has 4 nitrogen and oxygen atoms in total. The Morgan fingerprint density at radius 2 is 1.92 bits per heavy atom. The maximum absolute atomic E-state index is 13.8. The normalized spacial score (nSPS) is 18.9. The first-order chi connectivity index (χ1) is 11.6. The highest BCUT2D eigenvalue weighted by Gasteiger charge is 2.30. The second kappa shape index (κ2) is 5.78. The topological polar surface area (TPSA) is 38.8 Å². The number of benzene rings is 2. The lowest BCUT2D eigenvalue weighted by Gasteiger charge is -2.17. The zero-order chi connectivity index (χ0) is 16.7. The molecule has 124 valence electrons. The van der Waals surface area contributed by atoms with E-state index in [-0.39, 0.29) is 18.3 Å². The van der Waals surface area contributed by atoms with E-state index in [1.807, 2.05) is 18.2 Å². The maximum Gasteiger partial charge on any atom is 0.256 e. The van der Waals surface area contributed by atoms with E-state index in [1.54, 1.807) is 4.90 Å². The van der Waals surface area contributed by atoms with Crippen molar-refractivity contribution in [2.75, 3.05) is 19.9 Å². The molecule has 2 aliphatic rings. The molecule has 0 N–H and O–H groups in total. The van der Waals surface area contributed by atoms with Crippen molar-refractivity contribution in [2.24, 2.45) is 0 Å². The molecule has 0 aromatic heterocycles. The molecular formula is C18H15F2NO3. The molecule has 1 amide bonds. The summed E-state index contributed by atoms with van der Waals surface area (Å²) in [5, 5.41) is 0. The van der Waals surface area contributed by atoms with Crippen LogP contribution in [0.1, 0.15) is 28.3 Å². The summed E-state index contributed by atoms with van der Waals surface area (Å²) in [5.41, 5.74) is 0.969. The van der Waals surface area contributed by atoms with E-state index in [2.05, 4.69) is 0 Å². The van der Waals surface area contributed by atoms with Gasteiger partial charge >= 0.3 is 0 Å². The predicted molar refractivity (Wildman–Crippen MR) is 82.2 cm³/mol. The lowest BCUT2D eigenvalue weighted by Crippen LogP contribution is -2.29. The minimum absolute atomic E-state index is 0.0947. The Hall–Kier alpha value is -2.63. The summed E-state index contributed by atoms with van der Waals surface area (Å²) < 4.78 is 37.5. The highest BCUT2D eigenvalue weighted by molar-refractivity contribution is 5.94. The number of carbonyl (C=O) groups excluding carboxylic acids is 1. The van der Waals surface area contributed by atoms with Gasteiger partial charge in [-0.05, 0) is 36.2 Å². The lowest BCUT2D eigenvalue weighted by molar-refractivity contribution is 0.0786. The molecular weight excluding hydrogens is 316 g/mol. The van der Waals surface area contributed by atoms with Gasteiger partial charge in [-0.1, -0.05) is 6.07 Å². The average Bonchev–Trinajstić information content (AvgIpc) is 3.23. The van der Waals surface area contributed by atoms with Crippen LogP contribution < -0.4 is 9.47 Å². The summed E-state index contributed by atoms with van der Waals surface area (Å²) >= 11 is 0. The second-order valence-electron chi connectivity index (χ2n) is 5.97. The number of amides is 1. The molecule has 0 radical (unpaired) electrons. The fourth-order valence-electron chi connectivity index (χ4n) is 3.22. The van der Waals surface area contributed by atoms with Gasteiger partial charge in [0.1, 0.15) is 11.6 Å². The van der Waals surface area contributed by atoms with Crippen molar-refractivity contribution in [1.82, 2.24) is 4.90 Å². The molecule has 1 fully saturated rings. The number of ether oxygens (including phenoxy) is 2. The van der Waals surface area contributed by atoms with Gasteiger partial charge < -0.3 is 14.4 Å². The molecule has 0 unspecified atom stereocenters. The van der Waals surface area contributed by atoms with Crippen LogP contribution in [0, 0.1) is 11.6 Å². The average molecular weight is 331 g/mol. The number of fused-ring (bicyclic) bond motifs is 1. The van der Waals surface area contributed by atoms with Gasteiger partial charge in [0.05, 0.1) is 5.56 Å². The molecule has 1 saturated heterocycles. The highest BCUT2D eigenvalue weighted by Crippen LogP contribution is 2.37. The molecule has 0 bridgehead atoms. The van der Waals surface area contributed by atoms with Gasteiger partial charge in [-0.25, -0.2) is 8.78 Å². The fraction of sp³-hybridized carbons (Fsp3) is 0.278. The van der Waals surface area contributed by atoms with Crippen LogP contribution in [-0.2, 0) is 0 Å². The molecule has 2 aromatic rings. The quantitative estimate of drug-likeness (QED) is 0.847. The van der Waals surface area contributed by atoms with E-state index < -0.39 is 17.5 Å². The van der Waals surface area contributed by atoms with Crippen molar-refractivity contribution in [3.05, 3.63) is 59.2 Å². The van der Waals surface area contributed by atoms with Crippen LogP contribution in [0.3, 0.4) is 0 Å². The molecule has 0 saturated carbocycles. The molecule has 2 aromatic carbocycles. The zero-order valence-corrected chi connectivity index (χ0v) is 12.8. The largest absolute Gasteiger partial charge is 0.454 e. The Kier molecular flexibility index (Phi) is 3.59. The van der Waals surface area contributed by atoms with Crippen LogP contribution >= 0.6 is 0 Å². The van der Waals surface area contributed by atoms with Crippen molar-refractivity contribution < 1.29 is 23.0 Å². The van der Waals surface area contributed by atoms with Crippen molar-refractivity contribution in [2.45, 2.75) is 12.3 Å². The van der Waals surface area contributed by atoms with Gasteiger partial charge in [0.25, 0.3) is 5.91 Å². The first-order valence-electron chi connectivity index (χ1n) is 7.75. The van der Waals surface area contributed by atoms with E-state index in [4.69, 9.17) is 9.47 Å². The Bertz CT molecular complexity index is 809. The first kappa shape index (κ1) is 14.9. The number of hydrogen-bond acceptors (Lipinski definition) is 3. The van der Waals surface area contributed by atoms with Crippen LogP contribution in [-0.4, -0.2) is 30.7 Å².